The second kappa shape index (κ2) is 10.3. The van der Waals surface area contributed by atoms with Crippen LogP contribution in [-0.2, 0) is 14.9 Å². The number of rotatable bonds is 7. The van der Waals surface area contributed by atoms with Gasteiger partial charge in [0, 0.05) is 61.8 Å². The van der Waals surface area contributed by atoms with Crippen LogP contribution in [0.3, 0.4) is 0 Å². The smallest absolute Gasteiger partial charge is 0.229 e. The van der Waals surface area contributed by atoms with E-state index in [-0.39, 0.29) is 11.5 Å². The highest BCUT2D eigenvalue weighted by Crippen LogP contribution is 2.40. The summed E-state index contributed by atoms with van der Waals surface area (Å²) in [6.07, 6.45) is 7.18. The van der Waals surface area contributed by atoms with Crippen molar-refractivity contribution in [3.63, 3.8) is 0 Å². The van der Waals surface area contributed by atoms with Gasteiger partial charge in [0.15, 0.2) is 0 Å². The maximum Gasteiger partial charge on any atom is 0.229 e. The lowest BCUT2D eigenvalue weighted by Crippen LogP contribution is -2.39. The number of aromatic nitrogens is 2. The molecule has 1 saturated heterocycles. The van der Waals surface area contributed by atoms with Crippen molar-refractivity contribution < 1.29 is 9.47 Å². The zero-order chi connectivity index (χ0) is 24.3. The molecule has 4 heterocycles. The van der Waals surface area contributed by atoms with E-state index >= 15 is 0 Å². The lowest BCUT2D eigenvalue weighted by molar-refractivity contribution is 0.122. The fourth-order valence-electron chi connectivity index (χ4n) is 5.05. The molecule has 1 fully saturated rings. The number of amidine groups is 1. The zero-order valence-electron chi connectivity index (χ0n) is 20.8. The Morgan fingerprint density at radius 1 is 1.20 bits per heavy atom. The number of fused-ring (bicyclic) bond motifs is 1. The average Bonchev–Trinajstić information content (AvgIpc) is 3.17. The SMILES string of the molecule is CNCC1CC=CC(N2C[C@](C)(COC)c3cnc(Nc4ccc(N5CCOCC5)cc4)nc32)=N1. The molecule has 2 aromatic rings. The third-order valence-corrected chi connectivity index (χ3v) is 6.85. The van der Waals surface area contributed by atoms with Crippen LogP contribution in [0.2, 0.25) is 0 Å². The van der Waals surface area contributed by atoms with Crippen LogP contribution in [0.25, 0.3) is 0 Å². The van der Waals surface area contributed by atoms with E-state index in [0.29, 0.717) is 12.6 Å². The molecule has 9 heteroatoms. The monoisotopic (exact) mass is 477 g/mol. The van der Waals surface area contributed by atoms with Crippen molar-refractivity contribution in [1.82, 2.24) is 15.3 Å². The molecule has 35 heavy (non-hydrogen) atoms. The van der Waals surface area contributed by atoms with Gasteiger partial charge in [-0.25, -0.2) is 4.98 Å². The van der Waals surface area contributed by atoms with Crippen LogP contribution in [-0.4, -0.2) is 82.0 Å². The predicted molar refractivity (Wildman–Crippen MR) is 140 cm³/mol. The number of anilines is 4. The zero-order valence-corrected chi connectivity index (χ0v) is 20.8. The molecule has 2 atom stereocenters. The van der Waals surface area contributed by atoms with Gasteiger partial charge in [-0.15, -0.1) is 0 Å². The van der Waals surface area contributed by atoms with Crippen LogP contribution in [0.4, 0.5) is 23.1 Å². The number of methoxy groups -OCH3 is 1. The van der Waals surface area contributed by atoms with Gasteiger partial charge >= 0.3 is 0 Å². The summed E-state index contributed by atoms with van der Waals surface area (Å²) in [5, 5.41) is 6.63. The van der Waals surface area contributed by atoms with Gasteiger partial charge < -0.3 is 29.9 Å². The molecular formula is C26H35N7O2. The molecule has 3 aliphatic heterocycles. The Morgan fingerprint density at radius 3 is 2.74 bits per heavy atom. The first-order valence-electron chi connectivity index (χ1n) is 12.3. The summed E-state index contributed by atoms with van der Waals surface area (Å²) in [5.74, 6) is 2.40. The molecule has 0 spiro atoms. The van der Waals surface area contributed by atoms with Gasteiger partial charge in [0.05, 0.1) is 25.9 Å². The Hall–Kier alpha value is -3.01. The van der Waals surface area contributed by atoms with E-state index < -0.39 is 0 Å². The lowest BCUT2D eigenvalue weighted by atomic mass is 9.87. The van der Waals surface area contributed by atoms with E-state index in [9.17, 15) is 0 Å². The molecule has 2 N–H and O–H groups in total. The number of morpholine rings is 1. The Balaban J connectivity index is 1.40. The quantitative estimate of drug-likeness (QED) is 0.630. The van der Waals surface area contributed by atoms with Crippen LogP contribution in [0.15, 0.2) is 47.6 Å². The standard InChI is InChI=1S/C26H35N7O2/c1-26(18-34-3)17-33(23-6-4-5-20(29-23)15-27-2)24-22(26)16-28-25(31-24)30-19-7-9-21(10-8-19)32-11-13-35-14-12-32/h4,6-10,16,20,27H,5,11-15,17-18H2,1-3H3,(H,28,30,31)/t20?,26-/m1/s1. The summed E-state index contributed by atoms with van der Waals surface area (Å²) in [4.78, 5) is 19.2. The number of nitrogens with one attached hydrogen (secondary N) is 2. The first-order valence-corrected chi connectivity index (χ1v) is 12.3. The van der Waals surface area contributed by atoms with Crippen molar-refractivity contribution in [2.45, 2.75) is 24.8 Å². The van der Waals surface area contributed by atoms with E-state index in [2.05, 4.69) is 68.8 Å². The number of ether oxygens (including phenoxy) is 2. The van der Waals surface area contributed by atoms with E-state index in [1.165, 1.54) is 5.69 Å². The largest absolute Gasteiger partial charge is 0.384 e. The molecule has 1 unspecified atom stereocenters. The summed E-state index contributed by atoms with van der Waals surface area (Å²) >= 11 is 0. The van der Waals surface area contributed by atoms with Gasteiger partial charge in [0.1, 0.15) is 11.7 Å². The molecule has 9 nitrogen and oxygen atoms in total. The van der Waals surface area contributed by atoms with Crippen molar-refractivity contribution in [3.8, 4) is 0 Å². The molecule has 0 saturated carbocycles. The minimum absolute atomic E-state index is 0.214. The Bertz CT molecular complexity index is 1080. The number of nitrogens with zero attached hydrogens (tertiary/aromatic N) is 5. The minimum Gasteiger partial charge on any atom is -0.384 e. The molecule has 0 amide bonds. The Morgan fingerprint density at radius 2 is 2.00 bits per heavy atom. The normalized spacial score (nSPS) is 23.9. The number of likely N-dealkylation sites (N-methyl/N-ethyl adjacent to an activating group) is 1. The molecule has 186 valence electrons. The third kappa shape index (κ3) is 5.03. The molecule has 1 aromatic carbocycles. The molecule has 3 aliphatic rings. The number of hydrogen-bond acceptors (Lipinski definition) is 9. The van der Waals surface area contributed by atoms with Crippen LogP contribution >= 0.6 is 0 Å². The van der Waals surface area contributed by atoms with E-state index in [1.807, 2.05) is 13.2 Å². The highest BCUT2D eigenvalue weighted by molar-refractivity contribution is 6.07. The second-order valence-electron chi connectivity index (χ2n) is 9.62. The fourth-order valence-corrected chi connectivity index (χ4v) is 5.05. The van der Waals surface area contributed by atoms with Gasteiger partial charge in [0.2, 0.25) is 5.95 Å². The van der Waals surface area contributed by atoms with Crippen molar-refractivity contribution in [2.75, 3.05) is 75.3 Å². The van der Waals surface area contributed by atoms with Crippen LogP contribution in [0.5, 0.6) is 0 Å². The summed E-state index contributed by atoms with van der Waals surface area (Å²) in [5.41, 5.74) is 3.03. The fraction of sp³-hybridized carbons (Fsp3) is 0.500. The third-order valence-electron chi connectivity index (χ3n) is 6.85. The molecule has 0 aliphatic carbocycles. The van der Waals surface area contributed by atoms with Gasteiger partial charge in [0.25, 0.3) is 0 Å². The molecule has 1 aromatic heterocycles. The second-order valence-corrected chi connectivity index (χ2v) is 9.62. The highest BCUT2D eigenvalue weighted by Gasteiger charge is 2.42. The number of benzene rings is 1. The first-order chi connectivity index (χ1) is 17.1. The maximum absolute atomic E-state index is 5.59. The van der Waals surface area contributed by atoms with Crippen molar-refractivity contribution in [2.24, 2.45) is 4.99 Å². The van der Waals surface area contributed by atoms with Crippen molar-refractivity contribution in [3.05, 3.63) is 48.2 Å². The summed E-state index contributed by atoms with van der Waals surface area (Å²) in [7, 11) is 3.71. The van der Waals surface area contributed by atoms with Crippen LogP contribution < -0.4 is 20.4 Å². The summed E-state index contributed by atoms with van der Waals surface area (Å²) in [6, 6.07) is 8.63. The Kier molecular flexibility index (Phi) is 6.99. The molecular weight excluding hydrogens is 442 g/mol. The van der Waals surface area contributed by atoms with Crippen LogP contribution in [0, 0.1) is 0 Å². The molecule has 0 radical (unpaired) electrons. The van der Waals surface area contributed by atoms with Gasteiger partial charge in [-0.3, -0.25) is 4.99 Å². The van der Waals surface area contributed by atoms with Gasteiger partial charge in [-0.1, -0.05) is 13.0 Å². The Labute approximate surface area is 207 Å². The molecule has 5 rings (SSSR count). The lowest BCUT2D eigenvalue weighted by Gasteiger charge is -2.28. The minimum atomic E-state index is -0.214. The number of dihydropyridines is 1. The van der Waals surface area contributed by atoms with E-state index in [4.69, 9.17) is 19.5 Å². The highest BCUT2D eigenvalue weighted by atomic mass is 16.5. The topological polar surface area (TPSA) is 87.1 Å². The van der Waals surface area contributed by atoms with Gasteiger partial charge in [-0.05, 0) is 43.8 Å². The van der Waals surface area contributed by atoms with E-state index in [1.54, 1.807) is 7.11 Å². The van der Waals surface area contributed by atoms with Crippen molar-refractivity contribution >= 4 is 29.0 Å². The predicted octanol–water partition coefficient (Wildman–Crippen LogP) is 2.73. The van der Waals surface area contributed by atoms with Crippen LogP contribution in [0.1, 0.15) is 18.9 Å². The van der Waals surface area contributed by atoms with Gasteiger partial charge in [-0.2, -0.15) is 4.98 Å². The first kappa shape index (κ1) is 23.7. The van der Waals surface area contributed by atoms with E-state index in [0.717, 1.165) is 68.7 Å². The summed E-state index contributed by atoms with van der Waals surface area (Å²) < 4.78 is 11.1. The summed E-state index contributed by atoms with van der Waals surface area (Å²) in [6.45, 7) is 7.78. The number of aliphatic imine (C=N–C) groups is 1. The molecule has 0 bridgehead atoms. The average molecular weight is 478 g/mol. The van der Waals surface area contributed by atoms with Crippen molar-refractivity contribution in [1.29, 1.82) is 0 Å². The number of hydrogen-bond donors (Lipinski definition) is 2. The maximum atomic E-state index is 5.59.